The van der Waals surface area contributed by atoms with E-state index < -0.39 is 65.8 Å². The van der Waals surface area contributed by atoms with Crippen molar-refractivity contribution in [1.82, 2.24) is 41.5 Å². The van der Waals surface area contributed by atoms with E-state index in [-0.39, 0.29) is 39.1 Å². The molecule has 0 radical (unpaired) electrons. The quantitative estimate of drug-likeness (QED) is 0.0399. The molecule has 0 saturated carbocycles. The number of hydrogen-bond acceptors (Lipinski definition) is 10. The van der Waals surface area contributed by atoms with Crippen molar-refractivity contribution in [2.45, 2.75) is 76.2 Å². The van der Waals surface area contributed by atoms with E-state index in [1.54, 1.807) is 54.7 Å². The van der Waals surface area contributed by atoms with Crippen LogP contribution >= 0.6 is 0 Å². The Balaban J connectivity index is 1.15. The third-order valence-corrected chi connectivity index (χ3v) is 11.6. The number of alkyl carbamates (subject to hydrolysis) is 1. The van der Waals surface area contributed by atoms with Crippen molar-refractivity contribution < 1.29 is 43.0 Å². The second-order valence-electron chi connectivity index (χ2n) is 17.0. The second kappa shape index (κ2) is 25.7. The van der Waals surface area contributed by atoms with Gasteiger partial charge in [-0.2, -0.15) is 0 Å². The van der Waals surface area contributed by atoms with Gasteiger partial charge in [0.05, 0.1) is 19.5 Å². The summed E-state index contributed by atoms with van der Waals surface area (Å²) in [4.78, 5) is 93.1. The van der Waals surface area contributed by atoms with E-state index in [4.69, 9.17) is 19.9 Å². The van der Waals surface area contributed by atoms with Crippen LogP contribution in [-0.2, 0) is 72.5 Å². The molecule has 0 bridgehead atoms. The highest BCUT2D eigenvalue weighted by atomic mass is 16.5. The molecule has 7 aromatic rings. The Morgan fingerprint density at radius 2 is 1.10 bits per heavy atom. The molecule has 0 aliphatic heterocycles. The number of ether oxygens (including phenoxy) is 3. The number of fused-ring (bicyclic) bond motifs is 1. The van der Waals surface area contributed by atoms with Crippen LogP contribution < -0.4 is 37.1 Å². The zero-order chi connectivity index (χ0) is 50.7. The molecule has 18 heteroatoms. The van der Waals surface area contributed by atoms with Crippen LogP contribution in [0.15, 0.2) is 158 Å². The van der Waals surface area contributed by atoms with E-state index in [9.17, 15) is 28.8 Å². The topological polar surface area (TPSA) is 261 Å². The highest BCUT2D eigenvalue weighted by molar-refractivity contribution is 5.97. The molecule has 0 fully saturated rings. The summed E-state index contributed by atoms with van der Waals surface area (Å²) < 4.78 is 17.5. The highest BCUT2D eigenvalue weighted by Gasteiger charge is 2.33. The lowest BCUT2D eigenvalue weighted by atomic mass is 10.0. The molecule has 5 aromatic carbocycles. The van der Waals surface area contributed by atoms with Crippen LogP contribution in [0.3, 0.4) is 0 Å². The summed E-state index contributed by atoms with van der Waals surface area (Å²) in [6.45, 7) is 1.39. The van der Waals surface area contributed by atoms with E-state index in [1.165, 1.54) is 19.4 Å². The Bertz CT molecular complexity index is 2860. The number of nitrogens with two attached hydrogens (primary N) is 1. The van der Waals surface area contributed by atoms with Crippen molar-refractivity contribution in [3.8, 4) is 5.75 Å². The average Bonchev–Trinajstić information content (AvgIpc) is 4.08. The van der Waals surface area contributed by atoms with Crippen molar-refractivity contribution in [2.75, 3.05) is 6.61 Å². The first-order chi connectivity index (χ1) is 35.0. The molecule has 0 saturated heterocycles. The maximum Gasteiger partial charge on any atom is 0.408 e. The monoisotopic (exact) mass is 975 g/mol. The second-order valence-corrected chi connectivity index (χ2v) is 17.0. The molecule has 18 nitrogen and oxygen atoms in total. The number of carbonyl (C=O) groups excluding carboxylic acids is 6. The number of benzene rings is 5. The van der Waals surface area contributed by atoms with Crippen LogP contribution in [0.2, 0.25) is 0 Å². The molecule has 0 aliphatic carbocycles. The largest absolute Gasteiger partial charge is 0.489 e. The number of imidazole rings is 1. The minimum absolute atomic E-state index is 0.0130. The van der Waals surface area contributed by atoms with Crippen LogP contribution in [0.1, 0.15) is 40.4 Å². The molecule has 0 unspecified atom stereocenters. The summed E-state index contributed by atoms with van der Waals surface area (Å²) in [5.41, 5.74) is 10.6. The summed E-state index contributed by atoms with van der Waals surface area (Å²) in [7, 11) is 0. The van der Waals surface area contributed by atoms with E-state index in [2.05, 4.69) is 41.5 Å². The Hall–Kier alpha value is -8.77. The Morgan fingerprint density at radius 3 is 1.72 bits per heavy atom. The molecule has 5 atom stereocenters. The van der Waals surface area contributed by atoms with E-state index in [0.29, 0.717) is 29.2 Å². The third-order valence-electron chi connectivity index (χ3n) is 11.6. The van der Waals surface area contributed by atoms with Crippen LogP contribution in [0.25, 0.3) is 10.9 Å². The summed E-state index contributed by atoms with van der Waals surface area (Å²) in [5, 5.41) is 14.4. The van der Waals surface area contributed by atoms with Gasteiger partial charge >= 0.3 is 6.09 Å². The van der Waals surface area contributed by atoms with Gasteiger partial charge in [-0.3, -0.25) is 24.0 Å². The first kappa shape index (κ1) is 51.1. The van der Waals surface area contributed by atoms with Gasteiger partial charge in [0.1, 0.15) is 49.2 Å². The number of primary amides is 1. The van der Waals surface area contributed by atoms with E-state index >= 15 is 0 Å². The van der Waals surface area contributed by atoms with Gasteiger partial charge in [-0.15, -0.1) is 0 Å². The van der Waals surface area contributed by atoms with Crippen LogP contribution in [0.5, 0.6) is 5.75 Å². The van der Waals surface area contributed by atoms with Gasteiger partial charge in [0.15, 0.2) is 0 Å². The number of nitrogens with zero attached hydrogens (tertiary/aromatic N) is 1. The lowest BCUT2D eigenvalue weighted by molar-refractivity contribution is -0.135. The molecule has 2 heterocycles. The number of carbonyl (C=O) groups is 6. The summed E-state index contributed by atoms with van der Waals surface area (Å²) in [6, 6.07) is 35.9. The molecule has 72 heavy (non-hydrogen) atoms. The molecular weight excluding hydrogens is 919 g/mol. The van der Waals surface area contributed by atoms with Crippen LogP contribution in [-0.4, -0.2) is 87.4 Å². The fourth-order valence-electron chi connectivity index (χ4n) is 7.62. The van der Waals surface area contributed by atoms with Crippen molar-refractivity contribution in [1.29, 1.82) is 0 Å². The van der Waals surface area contributed by atoms with Crippen LogP contribution in [0, 0.1) is 0 Å². The van der Waals surface area contributed by atoms with Gasteiger partial charge in [-0.05, 0) is 52.9 Å². The number of amides is 6. The lowest BCUT2D eigenvalue weighted by Crippen LogP contribution is -2.60. The number of para-hydroxylation sites is 1. The van der Waals surface area contributed by atoms with Gasteiger partial charge in [-0.1, -0.05) is 121 Å². The first-order valence-corrected chi connectivity index (χ1v) is 23.3. The average molecular weight is 976 g/mol. The van der Waals surface area contributed by atoms with Crippen molar-refractivity contribution >= 4 is 46.5 Å². The minimum atomic E-state index is -1.44. The van der Waals surface area contributed by atoms with Crippen molar-refractivity contribution in [3.63, 3.8) is 0 Å². The Morgan fingerprint density at radius 1 is 0.556 bits per heavy atom. The fourth-order valence-corrected chi connectivity index (χ4v) is 7.62. The predicted octanol–water partition coefficient (Wildman–Crippen LogP) is 4.45. The van der Waals surface area contributed by atoms with Gasteiger partial charge in [-0.25, -0.2) is 9.78 Å². The van der Waals surface area contributed by atoms with Crippen molar-refractivity contribution in [3.05, 3.63) is 192 Å². The van der Waals surface area contributed by atoms with Gasteiger partial charge in [0.25, 0.3) is 0 Å². The number of rotatable bonds is 25. The molecule has 2 aromatic heterocycles. The van der Waals surface area contributed by atoms with E-state index in [0.717, 1.165) is 27.6 Å². The summed E-state index contributed by atoms with van der Waals surface area (Å²) >= 11 is 0. The first-order valence-electron chi connectivity index (χ1n) is 23.3. The molecule has 6 amide bonds. The number of H-pyrrole nitrogens is 2. The normalized spacial score (nSPS) is 13.1. The van der Waals surface area contributed by atoms with Gasteiger partial charge < -0.3 is 56.5 Å². The Labute approximate surface area is 415 Å². The SMILES string of the molecule is C[C@H](NC(=O)[C@@H](Cc1c[nH]c2ccccc12)NC(=O)[C@@H](COCc1ccccc1)NC(=O)[C@@H](Cc1ccc(OCc2ccccc2)cc1)NC(=O)[C@H](Cc1cnc[nH]1)NC(=O)OCc1ccccc1)C(N)=O. The summed E-state index contributed by atoms with van der Waals surface area (Å²) in [5.74, 6) is -3.25. The highest BCUT2D eigenvalue weighted by Crippen LogP contribution is 2.20. The number of hydrogen-bond donors (Lipinski definition) is 8. The number of aromatic amines is 2. The zero-order valence-electron chi connectivity index (χ0n) is 39.5. The molecule has 372 valence electrons. The predicted molar refractivity (Wildman–Crippen MR) is 267 cm³/mol. The van der Waals surface area contributed by atoms with Crippen molar-refractivity contribution in [2.24, 2.45) is 5.73 Å². The maximum atomic E-state index is 14.8. The molecule has 9 N–H and O–H groups in total. The smallest absolute Gasteiger partial charge is 0.408 e. The molecule has 0 spiro atoms. The number of aromatic nitrogens is 3. The van der Waals surface area contributed by atoms with Crippen LogP contribution in [0.4, 0.5) is 4.79 Å². The Kier molecular flexibility index (Phi) is 18.3. The minimum Gasteiger partial charge on any atom is -0.489 e. The molecule has 7 rings (SSSR count). The lowest BCUT2D eigenvalue weighted by Gasteiger charge is -2.27. The number of nitrogens with one attached hydrogen (secondary N) is 7. The third kappa shape index (κ3) is 15.4. The standard InChI is InChI=1S/C54H57N9O9/c1-35(49(55)64)59-50(65)46(26-40-28-57-44-20-12-11-19-43(40)44)61-53(68)48(33-70-30-37-13-5-2-6-14-37)62-51(66)45(25-36-21-23-42(24-22-36)71-31-38-15-7-3-8-16-38)60-52(67)47(27-41-29-56-34-58-41)63-54(69)72-32-39-17-9-4-10-18-39/h2-24,28-29,34-35,45-48,57H,25-27,30-33H2,1H3,(H2,55,64)(H,56,58)(H,59,65)(H,60,67)(H,61,68)(H,62,66)(H,63,69)/t35-,45+,46+,47-,48+/m0/s1. The molecule has 0 aliphatic rings. The van der Waals surface area contributed by atoms with E-state index in [1.807, 2.05) is 91.0 Å². The molecular formula is C54H57N9O9. The van der Waals surface area contributed by atoms with Gasteiger partial charge in [0.2, 0.25) is 29.5 Å². The van der Waals surface area contributed by atoms with Gasteiger partial charge in [0, 0.05) is 48.3 Å². The maximum absolute atomic E-state index is 14.8. The zero-order valence-corrected chi connectivity index (χ0v) is 39.5. The fraction of sp³-hybridized carbons (Fsp3) is 0.241. The summed E-state index contributed by atoms with van der Waals surface area (Å²) in [6.07, 6.45) is 3.63.